The zero-order valence-electron chi connectivity index (χ0n) is 17.2. The summed E-state index contributed by atoms with van der Waals surface area (Å²) >= 11 is 0. The Labute approximate surface area is 171 Å². The van der Waals surface area contributed by atoms with Crippen molar-refractivity contribution in [3.63, 3.8) is 0 Å². The number of rotatable bonds is 6. The first-order chi connectivity index (χ1) is 14.2. The maximum Gasteiger partial charge on any atom is 0.207 e. The molecule has 4 rings (SSSR count). The van der Waals surface area contributed by atoms with E-state index in [1.54, 1.807) is 7.11 Å². The van der Waals surface area contributed by atoms with E-state index < -0.39 is 0 Å². The predicted octanol–water partition coefficient (Wildman–Crippen LogP) is 3.77. The maximum atomic E-state index is 15.3. The van der Waals surface area contributed by atoms with E-state index in [1.807, 2.05) is 12.1 Å². The third-order valence-corrected chi connectivity index (χ3v) is 6.12. The highest BCUT2D eigenvalue weighted by Crippen LogP contribution is 2.37. The number of methoxy groups -OCH3 is 1. The van der Waals surface area contributed by atoms with Crippen LogP contribution >= 0.6 is 0 Å². The third kappa shape index (κ3) is 4.45. The zero-order valence-corrected chi connectivity index (χ0v) is 17.2. The van der Waals surface area contributed by atoms with Crippen LogP contribution in [0.1, 0.15) is 44.2 Å². The Balaban J connectivity index is 1.48. The summed E-state index contributed by atoms with van der Waals surface area (Å²) < 4.78 is 20.5. The Morgan fingerprint density at radius 3 is 2.76 bits per heavy atom. The Bertz CT molecular complexity index is 807. The predicted molar refractivity (Wildman–Crippen MR) is 113 cm³/mol. The first-order valence-corrected chi connectivity index (χ1v) is 10.5. The average molecular weight is 400 g/mol. The van der Waals surface area contributed by atoms with Gasteiger partial charge in [-0.1, -0.05) is 12.1 Å². The molecule has 7 heteroatoms. The van der Waals surface area contributed by atoms with E-state index in [4.69, 9.17) is 4.74 Å². The van der Waals surface area contributed by atoms with Gasteiger partial charge in [0, 0.05) is 19.1 Å². The van der Waals surface area contributed by atoms with Crippen LogP contribution in [-0.2, 0) is 0 Å². The molecule has 0 amide bonds. The van der Waals surface area contributed by atoms with Crippen LogP contribution in [0.15, 0.2) is 30.6 Å². The first-order valence-electron chi connectivity index (χ1n) is 10.5. The fourth-order valence-corrected chi connectivity index (χ4v) is 4.35. The van der Waals surface area contributed by atoms with Crippen molar-refractivity contribution in [2.75, 3.05) is 37.0 Å². The van der Waals surface area contributed by atoms with Gasteiger partial charge in [-0.25, -0.2) is 9.97 Å². The van der Waals surface area contributed by atoms with Crippen molar-refractivity contribution in [2.24, 2.45) is 5.92 Å². The summed E-state index contributed by atoms with van der Waals surface area (Å²) in [7, 11) is 1.66. The molecule has 3 unspecified atom stereocenters. The molecule has 6 nitrogen and oxygen atoms in total. The lowest BCUT2D eigenvalue weighted by atomic mass is 9.95. The Kier molecular flexibility index (Phi) is 6.13. The van der Waals surface area contributed by atoms with E-state index >= 15 is 4.39 Å². The minimum atomic E-state index is -0.356. The molecule has 2 fully saturated rings. The number of aromatic nitrogens is 2. The Hall–Kier alpha value is -2.41. The largest absolute Gasteiger partial charge is 0.497 e. The molecule has 156 valence electrons. The molecular weight excluding hydrogens is 369 g/mol. The van der Waals surface area contributed by atoms with Gasteiger partial charge in [0.25, 0.3) is 0 Å². The summed E-state index contributed by atoms with van der Waals surface area (Å²) in [6, 6.07) is 8.69. The smallest absolute Gasteiger partial charge is 0.207 e. The lowest BCUT2D eigenvalue weighted by Gasteiger charge is -2.29. The number of halogens is 1. The monoisotopic (exact) mass is 399 g/mol. The lowest BCUT2D eigenvalue weighted by Crippen LogP contribution is -2.39. The van der Waals surface area contributed by atoms with Crippen LogP contribution in [-0.4, -0.2) is 42.8 Å². The van der Waals surface area contributed by atoms with Crippen molar-refractivity contribution in [1.29, 1.82) is 0 Å². The summed E-state index contributed by atoms with van der Waals surface area (Å²) in [4.78, 5) is 10.5. The van der Waals surface area contributed by atoms with Crippen LogP contribution in [0.3, 0.4) is 0 Å². The molecule has 2 aliphatic rings. The van der Waals surface area contributed by atoms with Crippen molar-refractivity contribution >= 4 is 11.6 Å². The molecule has 3 heterocycles. The molecule has 0 spiro atoms. The summed E-state index contributed by atoms with van der Waals surface area (Å²) in [5.74, 6) is 1.64. The van der Waals surface area contributed by atoms with E-state index in [0.29, 0.717) is 23.6 Å². The first kappa shape index (κ1) is 19.9. The van der Waals surface area contributed by atoms with Crippen LogP contribution in [0.5, 0.6) is 5.75 Å². The summed E-state index contributed by atoms with van der Waals surface area (Å²) in [6.45, 7) is 4.66. The topological polar surface area (TPSA) is 62.3 Å². The normalized spacial score (nSPS) is 24.5. The van der Waals surface area contributed by atoms with Crippen molar-refractivity contribution in [1.82, 2.24) is 15.3 Å². The molecule has 2 aromatic rings. The molecule has 0 radical (unpaired) electrons. The van der Waals surface area contributed by atoms with Gasteiger partial charge in [0.2, 0.25) is 5.82 Å². The highest BCUT2D eigenvalue weighted by Gasteiger charge is 2.30. The van der Waals surface area contributed by atoms with Gasteiger partial charge < -0.3 is 20.3 Å². The van der Waals surface area contributed by atoms with Crippen molar-refractivity contribution in [3.8, 4) is 5.75 Å². The number of nitrogens with zero attached hydrogens (tertiary/aromatic N) is 3. The van der Waals surface area contributed by atoms with E-state index in [-0.39, 0.29) is 11.9 Å². The number of benzene rings is 1. The van der Waals surface area contributed by atoms with Crippen molar-refractivity contribution in [2.45, 2.75) is 44.7 Å². The van der Waals surface area contributed by atoms with E-state index in [9.17, 15) is 0 Å². The van der Waals surface area contributed by atoms with Gasteiger partial charge >= 0.3 is 0 Å². The second kappa shape index (κ2) is 8.95. The minimum absolute atomic E-state index is 0.113. The number of piperidine rings is 1. The van der Waals surface area contributed by atoms with Crippen molar-refractivity contribution < 1.29 is 9.13 Å². The number of anilines is 2. The molecule has 2 N–H and O–H groups in total. The maximum absolute atomic E-state index is 15.3. The van der Waals surface area contributed by atoms with E-state index in [1.165, 1.54) is 6.33 Å². The zero-order chi connectivity index (χ0) is 20.2. The molecule has 0 aliphatic carbocycles. The fourth-order valence-electron chi connectivity index (χ4n) is 4.35. The molecule has 2 saturated heterocycles. The SMILES string of the molecule is COc1ccc(C2CCCN2c2ncnc(NCC3CCC(C)NC3)c2F)cc1. The highest BCUT2D eigenvalue weighted by atomic mass is 19.1. The van der Waals surface area contributed by atoms with E-state index in [0.717, 1.165) is 56.6 Å². The molecule has 29 heavy (non-hydrogen) atoms. The second-order valence-electron chi connectivity index (χ2n) is 8.12. The standard InChI is InChI=1S/C22H30FN5O/c1-15-5-6-16(12-24-15)13-25-21-20(23)22(27-14-26-21)28-11-3-4-19(28)17-7-9-18(29-2)10-8-17/h7-10,14-16,19,24H,3-6,11-13H2,1-2H3,(H,25,26,27). The average Bonchev–Trinajstić information content (AvgIpc) is 3.24. The molecular formula is C22H30FN5O. The van der Waals surface area contributed by atoms with Gasteiger partial charge in [0.15, 0.2) is 11.6 Å². The summed E-state index contributed by atoms with van der Waals surface area (Å²) in [5, 5.41) is 6.71. The molecule has 3 atom stereocenters. The number of ether oxygens (including phenoxy) is 1. The van der Waals surface area contributed by atoms with E-state index in [2.05, 4.69) is 44.6 Å². The Morgan fingerprint density at radius 2 is 2.03 bits per heavy atom. The van der Waals surface area contributed by atoms with Gasteiger partial charge in [-0.3, -0.25) is 0 Å². The molecule has 0 saturated carbocycles. The Morgan fingerprint density at radius 1 is 1.21 bits per heavy atom. The molecule has 1 aromatic heterocycles. The number of hydrogen-bond acceptors (Lipinski definition) is 6. The van der Waals surface area contributed by atoms with Crippen LogP contribution in [0, 0.1) is 11.7 Å². The highest BCUT2D eigenvalue weighted by molar-refractivity contribution is 5.53. The number of nitrogens with one attached hydrogen (secondary N) is 2. The van der Waals surface area contributed by atoms with Gasteiger partial charge in [-0.05, 0) is 62.8 Å². The van der Waals surface area contributed by atoms with Gasteiger partial charge in [0.05, 0.1) is 13.2 Å². The number of hydrogen-bond donors (Lipinski definition) is 2. The van der Waals surface area contributed by atoms with Crippen molar-refractivity contribution in [3.05, 3.63) is 42.0 Å². The molecule has 1 aromatic carbocycles. The van der Waals surface area contributed by atoms with Crippen LogP contribution in [0.4, 0.5) is 16.0 Å². The van der Waals surface area contributed by atoms with Gasteiger partial charge in [-0.15, -0.1) is 0 Å². The fraction of sp³-hybridized carbons (Fsp3) is 0.545. The van der Waals surface area contributed by atoms with Crippen LogP contribution in [0.2, 0.25) is 0 Å². The van der Waals surface area contributed by atoms with Gasteiger partial charge in [0.1, 0.15) is 12.1 Å². The second-order valence-corrected chi connectivity index (χ2v) is 8.12. The molecule has 0 bridgehead atoms. The van der Waals surface area contributed by atoms with Gasteiger partial charge in [-0.2, -0.15) is 4.39 Å². The summed E-state index contributed by atoms with van der Waals surface area (Å²) in [6.07, 6.45) is 5.75. The van der Waals surface area contributed by atoms with Crippen LogP contribution in [0.25, 0.3) is 0 Å². The lowest BCUT2D eigenvalue weighted by molar-refractivity contribution is 0.334. The third-order valence-electron chi connectivity index (χ3n) is 6.12. The molecule has 2 aliphatic heterocycles. The minimum Gasteiger partial charge on any atom is -0.497 e. The quantitative estimate of drug-likeness (QED) is 0.771. The summed E-state index contributed by atoms with van der Waals surface area (Å²) in [5.41, 5.74) is 1.15. The van der Waals surface area contributed by atoms with Crippen LogP contribution < -0.4 is 20.3 Å².